The highest BCUT2D eigenvalue weighted by molar-refractivity contribution is 6.42. The van der Waals surface area contributed by atoms with Crippen LogP contribution in [0.15, 0.2) is 30.5 Å². The van der Waals surface area contributed by atoms with Gasteiger partial charge in [-0.15, -0.1) is 0 Å². The van der Waals surface area contributed by atoms with Crippen molar-refractivity contribution in [3.05, 3.63) is 51.8 Å². The van der Waals surface area contributed by atoms with Gasteiger partial charge < -0.3 is 5.32 Å². The molecule has 1 aromatic heterocycles. The van der Waals surface area contributed by atoms with Gasteiger partial charge in [0, 0.05) is 11.6 Å². The summed E-state index contributed by atoms with van der Waals surface area (Å²) in [5.74, 6) is 0. The van der Waals surface area contributed by atoms with Gasteiger partial charge in [-0.2, -0.15) is 5.10 Å². The summed E-state index contributed by atoms with van der Waals surface area (Å²) in [7, 11) is 0. The number of piperidine rings is 1. The number of benzene rings is 1. The Morgan fingerprint density at radius 3 is 2.57 bits per heavy atom. The Morgan fingerprint density at radius 1 is 1.19 bits per heavy atom. The Hall–Kier alpha value is -1.03. The van der Waals surface area contributed by atoms with E-state index >= 15 is 0 Å². The van der Waals surface area contributed by atoms with Gasteiger partial charge in [0.1, 0.15) is 0 Å². The molecule has 3 rings (SSSR count). The predicted molar refractivity (Wildman–Crippen MR) is 87.2 cm³/mol. The molecule has 21 heavy (non-hydrogen) atoms. The van der Waals surface area contributed by atoms with Crippen molar-refractivity contribution in [1.29, 1.82) is 0 Å². The third kappa shape index (κ3) is 3.10. The van der Waals surface area contributed by atoms with Gasteiger partial charge in [-0.3, -0.25) is 4.68 Å². The van der Waals surface area contributed by atoms with E-state index in [2.05, 4.69) is 22.7 Å². The summed E-state index contributed by atoms with van der Waals surface area (Å²) in [6.45, 7) is 4.92. The van der Waals surface area contributed by atoms with Crippen molar-refractivity contribution in [2.45, 2.75) is 31.7 Å². The molecule has 1 N–H and O–H groups in total. The van der Waals surface area contributed by atoms with E-state index < -0.39 is 0 Å². The van der Waals surface area contributed by atoms with Crippen molar-refractivity contribution in [3.8, 4) is 0 Å². The number of nitrogens with one attached hydrogen (secondary N) is 1. The molecular formula is C16H19Cl2N3. The van der Waals surface area contributed by atoms with E-state index in [4.69, 9.17) is 23.2 Å². The molecule has 5 heteroatoms. The minimum Gasteiger partial charge on any atom is -0.317 e. The van der Waals surface area contributed by atoms with Crippen LogP contribution in [0.2, 0.25) is 10.0 Å². The van der Waals surface area contributed by atoms with E-state index in [1.165, 1.54) is 5.56 Å². The topological polar surface area (TPSA) is 29.9 Å². The number of halogens is 2. The minimum atomic E-state index is 0.0674. The van der Waals surface area contributed by atoms with Crippen molar-refractivity contribution in [1.82, 2.24) is 15.1 Å². The van der Waals surface area contributed by atoms with Crippen LogP contribution in [0.3, 0.4) is 0 Å². The Balaban J connectivity index is 1.97. The molecule has 112 valence electrons. The lowest BCUT2D eigenvalue weighted by Gasteiger charge is -2.38. The first kappa shape index (κ1) is 14.9. The standard InChI is InChI=1S/C16H19Cl2N3/c1-12-4-9-21(20-12)11-16(5-7-19-8-6-16)13-2-3-14(17)15(18)10-13/h2-4,9-10,19H,5-8,11H2,1H3. The molecule has 0 unspecified atom stereocenters. The summed E-state index contributed by atoms with van der Waals surface area (Å²) in [5, 5.41) is 9.23. The number of hydrogen-bond acceptors (Lipinski definition) is 2. The molecule has 1 saturated heterocycles. The van der Waals surface area contributed by atoms with Crippen molar-refractivity contribution in [3.63, 3.8) is 0 Å². The number of rotatable bonds is 3. The van der Waals surface area contributed by atoms with Gasteiger partial charge in [-0.05, 0) is 56.6 Å². The first-order valence-electron chi connectivity index (χ1n) is 7.25. The van der Waals surface area contributed by atoms with Crippen LogP contribution in [0.25, 0.3) is 0 Å². The maximum Gasteiger partial charge on any atom is 0.0595 e. The Labute approximate surface area is 135 Å². The summed E-state index contributed by atoms with van der Waals surface area (Å²) in [5.41, 5.74) is 2.37. The van der Waals surface area contributed by atoms with Crippen LogP contribution in [0.5, 0.6) is 0 Å². The SMILES string of the molecule is Cc1ccn(CC2(c3ccc(Cl)c(Cl)c3)CCNCC2)n1. The van der Waals surface area contributed by atoms with Gasteiger partial charge in [0.15, 0.2) is 0 Å². The molecule has 3 nitrogen and oxygen atoms in total. The van der Waals surface area contributed by atoms with Gasteiger partial charge in [-0.25, -0.2) is 0 Å². The van der Waals surface area contributed by atoms with Crippen molar-refractivity contribution >= 4 is 23.2 Å². The van der Waals surface area contributed by atoms with E-state index in [-0.39, 0.29) is 5.41 Å². The summed E-state index contributed by atoms with van der Waals surface area (Å²) in [4.78, 5) is 0. The largest absolute Gasteiger partial charge is 0.317 e. The molecule has 0 aliphatic carbocycles. The second-order valence-corrected chi connectivity index (χ2v) is 6.63. The molecule has 1 aliphatic heterocycles. The Morgan fingerprint density at radius 2 is 1.95 bits per heavy atom. The molecule has 0 spiro atoms. The average molecular weight is 324 g/mol. The molecule has 1 aromatic carbocycles. The molecule has 0 saturated carbocycles. The zero-order chi connectivity index (χ0) is 14.9. The van der Waals surface area contributed by atoms with Crippen LogP contribution in [0.4, 0.5) is 0 Å². The second kappa shape index (κ2) is 5.99. The molecule has 0 radical (unpaired) electrons. The van der Waals surface area contributed by atoms with Gasteiger partial charge in [-0.1, -0.05) is 29.3 Å². The van der Waals surface area contributed by atoms with Gasteiger partial charge >= 0.3 is 0 Å². The fourth-order valence-electron chi connectivity index (χ4n) is 3.13. The van der Waals surface area contributed by atoms with E-state index in [1.54, 1.807) is 0 Å². The van der Waals surface area contributed by atoms with Crippen LogP contribution in [-0.4, -0.2) is 22.9 Å². The lowest BCUT2D eigenvalue weighted by molar-refractivity contribution is 0.259. The molecule has 2 aromatic rings. The van der Waals surface area contributed by atoms with E-state index in [9.17, 15) is 0 Å². The van der Waals surface area contributed by atoms with Crippen molar-refractivity contribution in [2.75, 3.05) is 13.1 Å². The monoisotopic (exact) mass is 323 g/mol. The molecule has 2 heterocycles. The molecule has 0 atom stereocenters. The van der Waals surface area contributed by atoms with Crippen LogP contribution >= 0.6 is 23.2 Å². The lowest BCUT2D eigenvalue weighted by Crippen LogP contribution is -2.43. The zero-order valence-corrected chi connectivity index (χ0v) is 13.6. The quantitative estimate of drug-likeness (QED) is 0.930. The fraction of sp³-hybridized carbons (Fsp3) is 0.438. The fourth-order valence-corrected chi connectivity index (χ4v) is 3.43. The van der Waals surface area contributed by atoms with Crippen LogP contribution in [-0.2, 0) is 12.0 Å². The minimum absolute atomic E-state index is 0.0674. The number of aryl methyl sites for hydroxylation is 1. The first-order chi connectivity index (χ1) is 10.1. The number of aromatic nitrogens is 2. The van der Waals surface area contributed by atoms with Crippen LogP contribution in [0.1, 0.15) is 24.1 Å². The van der Waals surface area contributed by atoms with Crippen LogP contribution < -0.4 is 5.32 Å². The molecule has 0 bridgehead atoms. The zero-order valence-electron chi connectivity index (χ0n) is 12.1. The summed E-state index contributed by atoms with van der Waals surface area (Å²) >= 11 is 12.3. The third-order valence-corrected chi connectivity index (χ3v) is 5.07. The number of hydrogen-bond donors (Lipinski definition) is 1. The smallest absolute Gasteiger partial charge is 0.0595 e. The predicted octanol–water partition coefficient (Wildman–Crippen LogP) is 3.82. The highest BCUT2D eigenvalue weighted by Crippen LogP contribution is 2.37. The van der Waals surface area contributed by atoms with Gasteiger partial charge in [0.25, 0.3) is 0 Å². The van der Waals surface area contributed by atoms with E-state index in [0.717, 1.165) is 38.2 Å². The van der Waals surface area contributed by atoms with Gasteiger partial charge in [0.05, 0.1) is 22.3 Å². The third-order valence-electron chi connectivity index (χ3n) is 4.33. The molecular weight excluding hydrogens is 305 g/mol. The maximum atomic E-state index is 6.23. The first-order valence-corrected chi connectivity index (χ1v) is 8.01. The maximum absolute atomic E-state index is 6.23. The van der Waals surface area contributed by atoms with Crippen molar-refractivity contribution < 1.29 is 0 Å². The van der Waals surface area contributed by atoms with Gasteiger partial charge in [0.2, 0.25) is 0 Å². The lowest BCUT2D eigenvalue weighted by atomic mass is 9.73. The summed E-state index contributed by atoms with van der Waals surface area (Å²) in [6, 6.07) is 8.07. The number of nitrogens with zero attached hydrogens (tertiary/aromatic N) is 2. The second-order valence-electron chi connectivity index (χ2n) is 5.81. The van der Waals surface area contributed by atoms with Crippen molar-refractivity contribution in [2.24, 2.45) is 0 Å². The highest BCUT2D eigenvalue weighted by Gasteiger charge is 2.35. The van der Waals surface area contributed by atoms with Crippen LogP contribution in [0, 0.1) is 6.92 Å². The highest BCUT2D eigenvalue weighted by atomic mass is 35.5. The van der Waals surface area contributed by atoms with E-state index in [0.29, 0.717) is 10.0 Å². The Kier molecular flexibility index (Phi) is 4.25. The Bertz CT molecular complexity index is 630. The average Bonchev–Trinajstić information content (AvgIpc) is 2.88. The summed E-state index contributed by atoms with van der Waals surface area (Å²) in [6.07, 6.45) is 4.20. The summed E-state index contributed by atoms with van der Waals surface area (Å²) < 4.78 is 2.04. The van der Waals surface area contributed by atoms with E-state index in [1.807, 2.05) is 29.8 Å². The normalized spacial score (nSPS) is 17.9. The molecule has 1 aliphatic rings. The molecule has 1 fully saturated rings. The molecule has 0 amide bonds.